The number of esters is 1. The van der Waals surface area contributed by atoms with E-state index in [1.807, 2.05) is 0 Å². The lowest BCUT2D eigenvalue weighted by Gasteiger charge is -2.23. The number of carbonyl (C=O) groups excluding carboxylic acids is 1. The fourth-order valence-corrected chi connectivity index (χ4v) is 3.57. The monoisotopic (exact) mass is 509 g/mol. The molecule has 0 spiro atoms. The van der Waals surface area contributed by atoms with Gasteiger partial charge in [-0.15, -0.1) is 0 Å². The topological polar surface area (TPSA) is 82.3 Å². The van der Waals surface area contributed by atoms with Crippen LogP contribution in [0.3, 0.4) is 0 Å². The van der Waals surface area contributed by atoms with E-state index in [9.17, 15) is 27.6 Å². The number of halogens is 4. The number of ether oxygens (including phenoxy) is 1. The van der Waals surface area contributed by atoms with Gasteiger partial charge in [-0.3, -0.25) is 18.7 Å². The lowest BCUT2D eigenvalue weighted by molar-refractivity contribution is -0.151. The number of alkyl halides is 3. The van der Waals surface area contributed by atoms with Crippen molar-refractivity contribution < 1.29 is 22.7 Å². The number of benzene rings is 2. The molecule has 186 valence electrons. The lowest BCUT2D eigenvalue weighted by Crippen LogP contribution is -2.45. The number of hydrogen-bond acceptors (Lipinski definition) is 5. The van der Waals surface area contributed by atoms with Gasteiger partial charge in [0.2, 0.25) is 0 Å². The largest absolute Gasteiger partial charge is 0.469 e. The van der Waals surface area contributed by atoms with Crippen LogP contribution in [0, 0.1) is 5.41 Å². The number of nitrogens with zero attached hydrogens (tertiary/aromatic N) is 2. The van der Waals surface area contributed by atoms with Crippen LogP contribution in [0.25, 0.3) is 0 Å². The molecule has 0 bridgehead atoms. The fraction of sp³-hybridized carbons (Fsp3) is 0.292. The molecule has 3 aromatic rings. The Kier molecular flexibility index (Phi) is 7.44. The molecule has 0 unspecified atom stereocenters. The van der Waals surface area contributed by atoms with E-state index in [1.54, 1.807) is 24.3 Å². The summed E-state index contributed by atoms with van der Waals surface area (Å²) < 4.78 is 46.3. The van der Waals surface area contributed by atoms with Crippen LogP contribution in [0.2, 0.25) is 5.02 Å². The van der Waals surface area contributed by atoms with Gasteiger partial charge in [0, 0.05) is 23.3 Å². The second-order valence-corrected chi connectivity index (χ2v) is 8.96. The summed E-state index contributed by atoms with van der Waals surface area (Å²) in [5.41, 5.74) is -2.86. The molecule has 0 radical (unpaired) electrons. The third kappa shape index (κ3) is 6.13. The average Bonchev–Trinajstić information content (AvgIpc) is 2.79. The van der Waals surface area contributed by atoms with Gasteiger partial charge in [0.15, 0.2) is 0 Å². The van der Waals surface area contributed by atoms with E-state index in [0.29, 0.717) is 10.6 Å². The lowest BCUT2D eigenvalue weighted by atomic mass is 9.93. The predicted molar refractivity (Wildman–Crippen MR) is 126 cm³/mol. The zero-order valence-corrected chi connectivity index (χ0v) is 19.9. The standard InChI is InChI=1S/C24H23ClF3N3O4/c1-23(2,21(33)35-3)14-31-20(32)12-19(29-18-6-4-5-16(11-18)24(26,27)28)30(22(31)34)13-15-7-9-17(25)10-8-15/h4-12,29H,13-14H2,1-3H3. The molecule has 0 amide bonds. The summed E-state index contributed by atoms with van der Waals surface area (Å²) in [5, 5.41) is 3.23. The molecule has 1 heterocycles. The zero-order valence-electron chi connectivity index (χ0n) is 19.1. The van der Waals surface area contributed by atoms with Crippen molar-refractivity contribution in [2.24, 2.45) is 5.41 Å². The molecule has 0 saturated carbocycles. The first-order valence-corrected chi connectivity index (χ1v) is 10.8. The highest BCUT2D eigenvalue weighted by atomic mass is 35.5. The third-order valence-electron chi connectivity index (χ3n) is 5.29. The first-order valence-electron chi connectivity index (χ1n) is 10.4. The molecule has 0 saturated heterocycles. The maximum Gasteiger partial charge on any atom is 0.416 e. The van der Waals surface area contributed by atoms with E-state index in [4.69, 9.17) is 16.3 Å². The molecule has 3 rings (SSSR count). The van der Waals surface area contributed by atoms with E-state index < -0.39 is 34.4 Å². The Balaban J connectivity index is 2.12. The highest BCUT2D eigenvalue weighted by molar-refractivity contribution is 6.30. The molecule has 1 aromatic heterocycles. The van der Waals surface area contributed by atoms with Crippen molar-refractivity contribution in [1.29, 1.82) is 0 Å². The Bertz CT molecular complexity index is 1350. The highest BCUT2D eigenvalue weighted by Gasteiger charge is 2.32. The third-order valence-corrected chi connectivity index (χ3v) is 5.54. The van der Waals surface area contributed by atoms with Gasteiger partial charge in [-0.1, -0.05) is 29.8 Å². The van der Waals surface area contributed by atoms with Crippen molar-refractivity contribution >= 4 is 29.1 Å². The van der Waals surface area contributed by atoms with Crippen molar-refractivity contribution in [3.8, 4) is 0 Å². The number of rotatable bonds is 7. The Morgan fingerprint density at radius 3 is 2.29 bits per heavy atom. The molecule has 0 fully saturated rings. The normalized spacial score (nSPS) is 11.9. The summed E-state index contributed by atoms with van der Waals surface area (Å²) in [5.74, 6) is -0.624. The van der Waals surface area contributed by atoms with Gasteiger partial charge < -0.3 is 10.1 Å². The Hall–Kier alpha value is -3.53. The van der Waals surface area contributed by atoms with E-state index in [0.717, 1.165) is 22.8 Å². The van der Waals surface area contributed by atoms with Crippen LogP contribution in [-0.4, -0.2) is 22.2 Å². The molecule has 0 aliphatic heterocycles. The van der Waals surface area contributed by atoms with Gasteiger partial charge in [-0.2, -0.15) is 13.2 Å². The number of methoxy groups -OCH3 is 1. The summed E-state index contributed by atoms with van der Waals surface area (Å²) in [6, 6.07) is 12.1. The molecular formula is C24H23ClF3N3O4. The SMILES string of the molecule is COC(=O)C(C)(C)Cn1c(=O)cc(Nc2cccc(C(F)(F)F)c2)n(Cc2ccc(Cl)cc2)c1=O. The molecule has 11 heteroatoms. The van der Waals surface area contributed by atoms with Crippen LogP contribution >= 0.6 is 11.6 Å². The number of nitrogens with one attached hydrogen (secondary N) is 1. The number of hydrogen-bond donors (Lipinski definition) is 1. The molecule has 2 aromatic carbocycles. The van der Waals surface area contributed by atoms with Crippen LogP contribution < -0.4 is 16.6 Å². The second kappa shape index (κ2) is 9.99. The zero-order chi connectivity index (χ0) is 26.0. The second-order valence-electron chi connectivity index (χ2n) is 8.53. The number of carbonyl (C=O) groups is 1. The average molecular weight is 510 g/mol. The van der Waals surface area contributed by atoms with Crippen LogP contribution in [-0.2, 0) is 28.8 Å². The van der Waals surface area contributed by atoms with Crippen molar-refractivity contribution in [2.45, 2.75) is 33.1 Å². The summed E-state index contributed by atoms with van der Waals surface area (Å²) in [4.78, 5) is 38.4. The van der Waals surface area contributed by atoms with Crippen LogP contribution in [0.5, 0.6) is 0 Å². The molecule has 0 aliphatic rings. The van der Waals surface area contributed by atoms with Crippen LogP contribution in [0.15, 0.2) is 64.2 Å². The summed E-state index contributed by atoms with van der Waals surface area (Å²) in [6.07, 6.45) is -4.57. The first kappa shape index (κ1) is 26.1. The van der Waals surface area contributed by atoms with Crippen molar-refractivity contribution in [1.82, 2.24) is 9.13 Å². The summed E-state index contributed by atoms with van der Waals surface area (Å²) in [7, 11) is 1.20. The highest BCUT2D eigenvalue weighted by Crippen LogP contribution is 2.31. The Morgan fingerprint density at radius 2 is 1.69 bits per heavy atom. The molecule has 7 nitrogen and oxygen atoms in total. The van der Waals surface area contributed by atoms with E-state index in [1.165, 1.54) is 37.7 Å². The first-order chi connectivity index (χ1) is 16.3. The van der Waals surface area contributed by atoms with Gasteiger partial charge in [0.25, 0.3) is 5.56 Å². The van der Waals surface area contributed by atoms with Crippen LogP contribution in [0.1, 0.15) is 25.0 Å². The minimum absolute atomic E-state index is 0.0126. The molecule has 0 aliphatic carbocycles. The van der Waals surface area contributed by atoms with Crippen LogP contribution in [0.4, 0.5) is 24.7 Å². The van der Waals surface area contributed by atoms with E-state index in [-0.39, 0.29) is 24.6 Å². The molecule has 35 heavy (non-hydrogen) atoms. The van der Waals surface area contributed by atoms with Gasteiger partial charge in [-0.05, 0) is 49.7 Å². The maximum absolute atomic E-state index is 13.4. The molecule has 1 N–H and O–H groups in total. The summed E-state index contributed by atoms with van der Waals surface area (Å²) in [6.45, 7) is 2.78. The van der Waals surface area contributed by atoms with Crippen molar-refractivity contribution in [2.75, 3.05) is 12.4 Å². The Morgan fingerprint density at radius 1 is 1.03 bits per heavy atom. The van der Waals surface area contributed by atoms with Crippen molar-refractivity contribution in [3.05, 3.63) is 91.6 Å². The fourth-order valence-electron chi connectivity index (χ4n) is 3.45. The minimum atomic E-state index is -4.57. The number of aromatic nitrogens is 2. The maximum atomic E-state index is 13.4. The quantitative estimate of drug-likeness (QED) is 0.468. The molecular weight excluding hydrogens is 487 g/mol. The predicted octanol–water partition coefficient (Wildman–Crippen LogP) is 4.67. The van der Waals surface area contributed by atoms with E-state index in [2.05, 4.69) is 5.32 Å². The van der Waals surface area contributed by atoms with Gasteiger partial charge >= 0.3 is 17.8 Å². The smallest absolute Gasteiger partial charge is 0.416 e. The van der Waals surface area contributed by atoms with E-state index >= 15 is 0 Å². The number of anilines is 2. The molecule has 0 atom stereocenters. The summed E-state index contributed by atoms with van der Waals surface area (Å²) >= 11 is 5.94. The van der Waals surface area contributed by atoms with Gasteiger partial charge in [0.05, 0.1) is 24.6 Å². The minimum Gasteiger partial charge on any atom is -0.469 e. The van der Waals surface area contributed by atoms with Crippen molar-refractivity contribution in [3.63, 3.8) is 0 Å². The van der Waals surface area contributed by atoms with Gasteiger partial charge in [-0.25, -0.2) is 4.79 Å². The Labute approximate surface area is 203 Å². The van der Waals surface area contributed by atoms with Gasteiger partial charge in [0.1, 0.15) is 5.82 Å².